The van der Waals surface area contributed by atoms with Gasteiger partial charge in [-0.2, -0.15) is 0 Å². The largest absolute Gasteiger partial charge is 0.497 e. The lowest BCUT2D eigenvalue weighted by Crippen LogP contribution is -1.98. The summed E-state index contributed by atoms with van der Waals surface area (Å²) in [6, 6.07) is 11.4. The topological polar surface area (TPSA) is 81.8 Å². The van der Waals surface area contributed by atoms with Crippen molar-refractivity contribution in [2.24, 2.45) is 0 Å². The maximum atomic E-state index is 11.1. The number of para-hydroxylation sites is 1. The van der Waals surface area contributed by atoms with Gasteiger partial charge in [0, 0.05) is 18.7 Å². The van der Waals surface area contributed by atoms with Crippen LogP contribution in [0.2, 0.25) is 0 Å². The number of ether oxygens (including phenoxy) is 2. The molecule has 2 aromatic carbocycles. The normalized spacial score (nSPS) is 10.2. The van der Waals surface area contributed by atoms with Gasteiger partial charge >= 0.3 is 5.69 Å². The molecule has 2 rings (SSSR count). The van der Waals surface area contributed by atoms with E-state index < -0.39 is 4.92 Å². The second kappa shape index (κ2) is 6.71. The molecule has 110 valence electrons. The molecule has 0 spiro atoms. The van der Waals surface area contributed by atoms with E-state index >= 15 is 0 Å². The van der Waals surface area contributed by atoms with Crippen LogP contribution >= 0.6 is 0 Å². The maximum Gasteiger partial charge on any atom is 0.311 e. The van der Waals surface area contributed by atoms with Gasteiger partial charge in [0.15, 0.2) is 0 Å². The molecule has 6 nitrogen and oxygen atoms in total. The third-order valence-corrected chi connectivity index (χ3v) is 2.94. The first-order chi connectivity index (χ1) is 10.2. The van der Waals surface area contributed by atoms with E-state index in [1.165, 1.54) is 25.3 Å². The van der Waals surface area contributed by atoms with E-state index in [9.17, 15) is 10.1 Å². The quantitative estimate of drug-likeness (QED) is 0.653. The molecule has 0 saturated heterocycles. The minimum absolute atomic E-state index is 0.0272. The second-order valence-electron chi connectivity index (χ2n) is 4.27. The summed E-state index contributed by atoms with van der Waals surface area (Å²) in [4.78, 5) is 10.6. The lowest BCUT2D eigenvalue weighted by atomic mass is 10.1. The monoisotopic (exact) mass is 289 g/mol. The summed E-state index contributed by atoms with van der Waals surface area (Å²) in [6.07, 6.45) is 0.411. The third kappa shape index (κ3) is 3.49. The summed E-state index contributed by atoms with van der Waals surface area (Å²) in [5, 5.41) is 20.1. The van der Waals surface area contributed by atoms with Gasteiger partial charge in [0.2, 0.25) is 5.75 Å². The molecule has 0 fully saturated rings. The van der Waals surface area contributed by atoms with Crippen LogP contribution in [0.25, 0.3) is 0 Å². The van der Waals surface area contributed by atoms with E-state index in [4.69, 9.17) is 14.6 Å². The number of nitro benzene ring substituents is 1. The van der Waals surface area contributed by atoms with E-state index in [-0.39, 0.29) is 18.0 Å². The Morgan fingerprint density at radius 3 is 2.62 bits per heavy atom. The van der Waals surface area contributed by atoms with Crippen LogP contribution in [-0.4, -0.2) is 23.7 Å². The minimum Gasteiger partial charge on any atom is -0.497 e. The standard InChI is InChI=1S/C15H15NO5/c1-20-12-6-7-13(16(18)19)15(10-12)21-14-5-3-2-4-11(14)8-9-17/h2-7,10,17H,8-9H2,1H3. The number of rotatable bonds is 6. The Labute approximate surface area is 121 Å². The number of methoxy groups -OCH3 is 1. The lowest BCUT2D eigenvalue weighted by Gasteiger charge is -2.11. The summed E-state index contributed by atoms with van der Waals surface area (Å²) >= 11 is 0. The zero-order valence-electron chi connectivity index (χ0n) is 11.5. The smallest absolute Gasteiger partial charge is 0.311 e. The molecule has 0 unspecified atom stereocenters. The van der Waals surface area contributed by atoms with E-state index in [0.717, 1.165) is 5.56 Å². The number of nitrogens with zero attached hydrogens (tertiary/aromatic N) is 1. The highest BCUT2D eigenvalue weighted by molar-refractivity contribution is 5.53. The van der Waals surface area contributed by atoms with Crippen LogP contribution in [0.3, 0.4) is 0 Å². The highest BCUT2D eigenvalue weighted by Gasteiger charge is 2.17. The van der Waals surface area contributed by atoms with E-state index in [0.29, 0.717) is 17.9 Å². The fourth-order valence-corrected chi connectivity index (χ4v) is 1.90. The van der Waals surface area contributed by atoms with Crippen molar-refractivity contribution in [1.29, 1.82) is 0 Å². The average molecular weight is 289 g/mol. The van der Waals surface area contributed by atoms with Crippen LogP contribution < -0.4 is 9.47 Å². The molecule has 0 radical (unpaired) electrons. The molecule has 0 heterocycles. The number of hydrogen-bond donors (Lipinski definition) is 1. The third-order valence-electron chi connectivity index (χ3n) is 2.94. The molecule has 0 saturated carbocycles. The highest BCUT2D eigenvalue weighted by atomic mass is 16.6. The fraction of sp³-hybridized carbons (Fsp3) is 0.200. The Hall–Kier alpha value is -2.60. The fourth-order valence-electron chi connectivity index (χ4n) is 1.90. The summed E-state index contributed by atoms with van der Waals surface area (Å²) < 4.78 is 10.7. The summed E-state index contributed by atoms with van der Waals surface area (Å²) in [7, 11) is 1.48. The molecular formula is C15H15NO5. The molecular weight excluding hydrogens is 274 g/mol. The van der Waals surface area contributed by atoms with Crippen molar-refractivity contribution in [3.05, 3.63) is 58.1 Å². The zero-order chi connectivity index (χ0) is 15.2. The van der Waals surface area contributed by atoms with Crippen LogP contribution in [0, 0.1) is 10.1 Å². The first-order valence-corrected chi connectivity index (χ1v) is 6.34. The Balaban J connectivity index is 2.40. The molecule has 0 aliphatic heterocycles. The van der Waals surface area contributed by atoms with Crippen molar-refractivity contribution < 1.29 is 19.5 Å². The van der Waals surface area contributed by atoms with Gasteiger partial charge in [-0.25, -0.2) is 0 Å². The molecule has 1 N–H and O–H groups in total. The van der Waals surface area contributed by atoms with Crippen molar-refractivity contribution >= 4 is 5.69 Å². The Morgan fingerprint density at radius 1 is 1.19 bits per heavy atom. The van der Waals surface area contributed by atoms with Gasteiger partial charge in [0.25, 0.3) is 0 Å². The summed E-state index contributed by atoms with van der Waals surface area (Å²) in [5.41, 5.74) is 0.631. The van der Waals surface area contributed by atoms with Crippen LogP contribution in [0.15, 0.2) is 42.5 Å². The van der Waals surface area contributed by atoms with E-state index in [1.54, 1.807) is 18.2 Å². The molecule has 0 amide bonds. The zero-order valence-corrected chi connectivity index (χ0v) is 11.5. The Morgan fingerprint density at radius 2 is 1.95 bits per heavy atom. The average Bonchev–Trinajstić information content (AvgIpc) is 2.49. The van der Waals surface area contributed by atoms with Gasteiger partial charge in [0.05, 0.1) is 12.0 Å². The highest BCUT2D eigenvalue weighted by Crippen LogP contribution is 2.35. The van der Waals surface area contributed by atoms with Crippen LogP contribution in [0.4, 0.5) is 5.69 Å². The van der Waals surface area contributed by atoms with E-state index in [1.807, 2.05) is 6.07 Å². The van der Waals surface area contributed by atoms with Crippen LogP contribution in [-0.2, 0) is 6.42 Å². The molecule has 6 heteroatoms. The molecule has 0 aromatic heterocycles. The molecule has 0 bridgehead atoms. The van der Waals surface area contributed by atoms with Crippen molar-refractivity contribution in [1.82, 2.24) is 0 Å². The molecule has 0 aliphatic rings. The van der Waals surface area contributed by atoms with Crippen LogP contribution in [0.5, 0.6) is 17.2 Å². The molecule has 0 atom stereocenters. The van der Waals surface area contributed by atoms with Gasteiger partial charge in [-0.15, -0.1) is 0 Å². The lowest BCUT2D eigenvalue weighted by molar-refractivity contribution is -0.385. The predicted octanol–water partition coefficient (Wildman–Crippen LogP) is 2.93. The van der Waals surface area contributed by atoms with Crippen LogP contribution in [0.1, 0.15) is 5.56 Å². The molecule has 2 aromatic rings. The van der Waals surface area contributed by atoms with Gasteiger partial charge in [0.1, 0.15) is 11.5 Å². The SMILES string of the molecule is COc1ccc([N+](=O)[O-])c(Oc2ccccc2CCO)c1. The maximum absolute atomic E-state index is 11.1. The van der Waals surface area contributed by atoms with Gasteiger partial charge < -0.3 is 14.6 Å². The minimum atomic E-state index is -0.510. The van der Waals surface area contributed by atoms with E-state index in [2.05, 4.69) is 0 Å². The van der Waals surface area contributed by atoms with Crippen molar-refractivity contribution in [2.75, 3.05) is 13.7 Å². The number of hydrogen-bond acceptors (Lipinski definition) is 5. The summed E-state index contributed by atoms with van der Waals surface area (Å²) in [5.74, 6) is 1.04. The Bertz CT molecular complexity index is 642. The van der Waals surface area contributed by atoms with Crippen molar-refractivity contribution in [2.45, 2.75) is 6.42 Å². The van der Waals surface area contributed by atoms with Gasteiger partial charge in [-0.1, -0.05) is 18.2 Å². The number of benzene rings is 2. The Kier molecular flexibility index (Phi) is 4.73. The number of aliphatic hydroxyl groups excluding tert-OH is 1. The first-order valence-electron chi connectivity index (χ1n) is 6.34. The molecule has 0 aliphatic carbocycles. The summed E-state index contributed by atoms with van der Waals surface area (Å²) in [6.45, 7) is -0.0272. The van der Waals surface area contributed by atoms with Gasteiger partial charge in [-0.05, 0) is 24.1 Å². The second-order valence-corrected chi connectivity index (χ2v) is 4.27. The van der Waals surface area contributed by atoms with Crippen molar-refractivity contribution in [3.8, 4) is 17.2 Å². The number of nitro groups is 1. The first kappa shape index (κ1) is 14.8. The number of aliphatic hydroxyl groups is 1. The van der Waals surface area contributed by atoms with Gasteiger partial charge in [-0.3, -0.25) is 10.1 Å². The predicted molar refractivity (Wildman–Crippen MR) is 77.0 cm³/mol. The molecule has 21 heavy (non-hydrogen) atoms. The van der Waals surface area contributed by atoms with Crippen molar-refractivity contribution in [3.63, 3.8) is 0 Å².